The molecule has 1 aliphatic rings. The third kappa shape index (κ3) is 2.95. The average Bonchev–Trinajstić information content (AvgIpc) is 3.34. The van der Waals surface area contributed by atoms with Crippen molar-refractivity contribution in [2.75, 3.05) is 5.32 Å². The van der Waals surface area contributed by atoms with Gasteiger partial charge in [-0.05, 0) is 36.5 Å². The van der Waals surface area contributed by atoms with E-state index < -0.39 is 0 Å². The standard InChI is InChI=1S/C18H16N2O/c19-12-15-8-4-5-9-16(15)20-18(21)17(14-10-11-14)13-6-2-1-3-7-13/h1-9,14,17H,10-11H2,(H,20,21). The van der Waals surface area contributed by atoms with E-state index >= 15 is 0 Å². The van der Waals surface area contributed by atoms with Gasteiger partial charge in [-0.2, -0.15) is 5.26 Å². The third-order valence-corrected chi connectivity index (χ3v) is 3.84. The van der Waals surface area contributed by atoms with Gasteiger partial charge in [-0.25, -0.2) is 0 Å². The zero-order valence-electron chi connectivity index (χ0n) is 11.6. The molecule has 0 spiro atoms. The average molecular weight is 276 g/mol. The first kappa shape index (κ1) is 13.4. The minimum Gasteiger partial charge on any atom is -0.324 e. The number of amides is 1. The van der Waals surface area contributed by atoms with Gasteiger partial charge in [0.1, 0.15) is 6.07 Å². The molecule has 1 atom stereocenters. The third-order valence-electron chi connectivity index (χ3n) is 3.84. The Morgan fingerprint density at radius 2 is 1.76 bits per heavy atom. The van der Waals surface area contributed by atoms with E-state index in [1.54, 1.807) is 18.2 Å². The van der Waals surface area contributed by atoms with Crippen LogP contribution in [0.5, 0.6) is 0 Å². The van der Waals surface area contributed by atoms with Crippen LogP contribution in [0.4, 0.5) is 5.69 Å². The molecule has 2 aromatic rings. The molecule has 0 saturated heterocycles. The number of nitriles is 1. The van der Waals surface area contributed by atoms with Gasteiger partial charge in [-0.1, -0.05) is 42.5 Å². The van der Waals surface area contributed by atoms with Crippen LogP contribution < -0.4 is 5.32 Å². The Morgan fingerprint density at radius 1 is 1.10 bits per heavy atom. The number of anilines is 1. The highest BCUT2D eigenvalue weighted by molar-refractivity contribution is 5.97. The molecule has 3 rings (SSSR count). The zero-order valence-corrected chi connectivity index (χ0v) is 11.6. The van der Waals surface area contributed by atoms with Crippen LogP contribution in [0.1, 0.15) is 29.9 Å². The monoisotopic (exact) mass is 276 g/mol. The first-order chi connectivity index (χ1) is 10.3. The van der Waals surface area contributed by atoms with Gasteiger partial charge in [0.2, 0.25) is 5.91 Å². The molecular formula is C18H16N2O. The van der Waals surface area contributed by atoms with Gasteiger partial charge in [-0.15, -0.1) is 0 Å². The van der Waals surface area contributed by atoms with Gasteiger partial charge >= 0.3 is 0 Å². The molecule has 0 bridgehead atoms. The molecule has 1 saturated carbocycles. The Hall–Kier alpha value is -2.60. The molecule has 1 amide bonds. The summed E-state index contributed by atoms with van der Waals surface area (Å²) < 4.78 is 0. The summed E-state index contributed by atoms with van der Waals surface area (Å²) in [6.45, 7) is 0. The molecule has 0 radical (unpaired) electrons. The molecule has 0 aliphatic heterocycles. The number of nitrogens with zero attached hydrogens (tertiary/aromatic N) is 1. The first-order valence-corrected chi connectivity index (χ1v) is 7.14. The Balaban J connectivity index is 1.84. The van der Waals surface area contributed by atoms with Crippen LogP contribution in [0.25, 0.3) is 0 Å². The van der Waals surface area contributed by atoms with E-state index in [9.17, 15) is 4.79 Å². The van der Waals surface area contributed by atoms with Crippen LogP contribution in [0, 0.1) is 17.2 Å². The van der Waals surface area contributed by atoms with Crippen LogP contribution in [-0.4, -0.2) is 5.91 Å². The molecule has 1 aliphatic carbocycles. The molecule has 21 heavy (non-hydrogen) atoms. The maximum Gasteiger partial charge on any atom is 0.232 e. The summed E-state index contributed by atoms with van der Waals surface area (Å²) in [6, 6.07) is 19.1. The van der Waals surface area contributed by atoms with Gasteiger partial charge < -0.3 is 5.32 Å². The second-order valence-corrected chi connectivity index (χ2v) is 5.37. The molecule has 3 heteroatoms. The fourth-order valence-corrected chi connectivity index (χ4v) is 2.63. The van der Waals surface area contributed by atoms with E-state index in [1.165, 1.54) is 0 Å². The molecule has 3 nitrogen and oxygen atoms in total. The summed E-state index contributed by atoms with van der Waals surface area (Å²) in [4.78, 5) is 12.6. The number of carbonyl (C=O) groups is 1. The zero-order chi connectivity index (χ0) is 14.7. The highest BCUT2D eigenvalue weighted by Crippen LogP contribution is 2.43. The fraction of sp³-hybridized carbons (Fsp3) is 0.222. The van der Waals surface area contributed by atoms with Crippen molar-refractivity contribution in [3.05, 3.63) is 65.7 Å². The lowest BCUT2D eigenvalue weighted by molar-refractivity contribution is -0.118. The van der Waals surface area contributed by atoms with E-state index in [4.69, 9.17) is 5.26 Å². The summed E-state index contributed by atoms with van der Waals surface area (Å²) in [7, 11) is 0. The maximum absolute atomic E-state index is 12.6. The number of nitrogens with one attached hydrogen (secondary N) is 1. The second-order valence-electron chi connectivity index (χ2n) is 5.37. The van der Waals surface area contributed by atoms with E-state index in [2.05, 4.69) is 11.4 Å². The lowest BCUT2D eigenvalue weighted by Gasteiger charge is -2.17. The van der Waals surface area contributed by atoms with Crippen LogP contribution in [0.15, 0.2) is 54.6 Å². The van der Waals surface area contributed by atoms with E-state index in [1.807, 2.05) is 36.4 Å². The smallest absolute Gasteiger partial charge is 0.232 e. The van der Waals surface area contributed by atoms with Crippen molar-refractivity contribution in [2.24, 2.45) is 5.92 Å². The van der Waals surface area contributed by atoms with Crippen molar-refractivity contribution >= 4 is 11.6 Å². The predicted molar refractivity (Wildman–Crippen MR) is 81.7 cm³/mol. The summed E-state index contributed by atoms with van der Waals surface area (Å²) in [5, 5.41) is 12.0. The molecule has 0 aromatic heterocycles. The van der Waals surface area contributed by atoms with E-state index in [0.717, 1.165) is 18.4 Å². The van der Waals surface area contributed by atoms with Crippen molar-refractivity contribution in [1.82, 2.24) is 0 Å². The van der Waals surface area contributed by atoms with Crippen molar-refractivity contribution in [3.63, 3.8) is 0 Å². The number of rotatable bonds is 4. The van der Waals surface area contributed by atoms with Crippen LogP contribution in [-0.2, 0) is 4.79 Å². The summed E-state index contributed by atoms with van der Waals surface area (Å²) in [5.74, 6) is 0.269. The number of hydrogen-bond acceptors (Lipinski definition) is 2. The minimum absolute atomic E-state index is 0.0219. The van der Waals surface area contributed by atoms with Gasteiger partial charge in [0, 0.05) is 0 Å². The Kier molecular flexibility index (Phi) is 3.70. The van der Waals surface area contributed by atoms with Crippen molar-refractivity contribution in [1.29, 1.82) is 5.26 Å². The highest BCUT2D eigenvalue weighted by Gasteiger charge is 2.37. The fourth-order valence-electron chi connectivity index (χ4n) is 2.63. The highest BCUT2D eigenvalue weighted by atomic mass is 16.1. The normalized spacial score (nSPS) is 15.0. The molecule has 1 N–H and O–H groups in total. The summed E-state index contributed by atoms with van der Waals surface area (Å²) in [5.41, 5.74) is 2.13. The minimum atomic E-state index is -0.127. The summed E-state index contributed by atoms with van der Waals surface area (Å²) >= 11 is 0. The van der Waals surface area contributed by atoms with Crippen molar-refractivity contribution in [2.45, 2.75) is 18.8 Å². The lowest BCUT2D eigenvalue weighted by atomic mass is 9.93. The number of hydrogen-bond donors (Lipinski definition) is 1. The Labute approximate surface area is 124 Å². The molecular weight excluding hydrogens is 260 g/mol. The first-order valence-electron chi connectivity index (χ1n) is 7.14. The van der Waals surface area contributed by atoms with Crippen LogP contribution >= 0.6 is 0 Å². The van der Waals surface area contributed by atoms with E-state index in [-0.39, 0.29) is 11.8 Å². The van der Waals surface area contributed by atoms with Crippen LogP contribution in [0.3, 0.4) is 0 Å². The number of para-hydroxylation sites is 1. The molecule has 104 valence electrons. The molecule has 0 heterocycles. The van der Waals surface area contributed by atoms with Crippen molar-refractivity contribution < 1.29 is 4.79 Å². The maximum atomic E-state index is 12.6. The predicted octanol–water partition coefficient (Wildman–Crippen LogP) is 3.69. The SMILES string of the molecule is N#Cc1ccccc1NC(=O)C(c1ccccc1)C1CC1. The van der Waals surface area contributed by atoms with Crippen molar-refractivity contribution in [3.8, 4) is 6.07 Å². The Morgan fingerprint density at radius 3 is 2.43 bits per heavy atom. The summed E-state index contributed by atoms with van der Waals surface area (Å²) in [6.07, 6.45) is 2.18. The van der Waals surface area contributed by atoms with Crippen LogP contribution in [0.2, 0.25) is 0 Å². The van der Waals surface area contributed by atoms with E-state index in [0.29, 0.717) is 17.2 Å². The number of carbonyl (C=O) groups excluding carboxylic acids is 1. The number of benzene rings is 2. The second kappa shape index (κ2) is 5.80. The topological polar surface area (TPSA) is 52.9 Å². The lowest BCUT2D eigenvalue weighted by Crippen LogP contribution is -2.23. The largest absolute Gasteiger partial charge is 0.324 e. The Bertz CT molecular complexity index is 684. The van der Waals surface area contributed by atoms with Gasteiger partial charge in [0.25, 0.3) is 0 Å². The molecule has 1 fully saturated rings. The molecule has 1 unspecified atom stereocenters. The van der Waals surface area contributed by atoms with Gasteiger partial charge in [0.05, 0.1) is 17.2 Å². The van der Waals surface area contributed by atoms with Gasteiger partial charge in [0.15, 0.2) is 0 Å². The van der Waals surface area contributed by atoms with Gasteiger partial charge in [-0.3, -0.25) is 4.79 Å². The quantitative estimate of drug-likeness (QED) is 0.925. The molecule has 2 aromatic carbocycles.